The number of anilines is 1. The summed E-state index contributed by atoms with van der Waals surface area (Å²) in [4.78, 5) is 8.04. The predicted octanol–water partition coefficient (Wildman–Crippen LogP) is 6.34. The minimum absolute atomic E-state index is 0.632. The van der Waals surface area contributed by atoms with Gasteiger partial charge < -0.3 is 10.7 Å². The lowest BCUT2D eigenvalue weighted by atomic mass is 9.84. The Labute approximate surface area is 165 Å². The number of fused-ring (bicyclic) bond motifs is 1. The maximum absolute atomic E-state index is 5.86. The monoisotopic (exact) mass is 366 g/mol. The molecule has 0 bridgehead atoms. The first-order valence-electron chi connectivity index (χ1n) is 10.1. The highest BCUT2D eigenvalue weighted by Gasteiger charge is 2.15. The molecule has 1 aliphatic carbocycles. The van der Waals surface area contributed by atoms with E-state index in [4.69, 9.17) is 5.73 Å². The lowest BCUT2D eigenvalue weighted by molar-refractivity contribution is 0.534. The largest absolute Gasteiger partial charge is 0.399 e. The molecule has 3 aromatic carbocycles. The third-order valence-corrected chi connectivity index (χ3v) is 5.76. The fourth-order valence-electron chi connectivity index (χ4n) is 4.16. The Morgan fingerprint density at radius 3 is 2.25 bits per heavy atom. The molecule has 5 rings (SSSR count). The van der Waals surface area contributed by atoms with Crippen molar-refractivity contribution < 1.29 is 0 Å². The van der Waals surface area contributed by atoms with E-state index >= 15 is 0 Å². The van der Waals surface area contributed by atoms with E-state index in [1.165, 1.54) is 42.4 Å². The fourth-order valence-corrected chi connectivity index (χ4v) is 4.16. The van der Waals surface area contributed by atoms with Crippen molar-refractivity contribution >= 4 is 16.7 Å². The van der Waals surface area contributed by atoms with Crippen LogP contribution in [0.15, 0.2) is 66.7 Å². The lowest BCUT2D eigenvalue weighted by Gasteiger charge is -2.21. The summed E-state index contributed by atoms with van der Waals surface area (Å²) in [5.74, 6) is 1.50. The number of aromatic amines is 1. The van der Waals surface area contributed by atoms with E-state index < -0.39 is 0 Å². The van der Waals surface area contributed by atoms with Gasteiger partial charge in [-0.1, -0.05) is 61.4 Å². The van der Waals surface area contributed by atoms with Gasteiger partial charge in [-0.3, -0.25) is 0 Å². The van der Waals surface area contributed by atoms with Crippen molar-refractivity contribution in [2.45, 2.75) is 31.6 Å². The average Bonchev–Trinajstić information content (AvgIpc) is 3.18. The van der Waals surface area contributed by atoms with E-state index in [1.807, 2.05) is 18.2 Å². The quantitative estimate of drug-likeness (QED) is 0.416. The van der Waals surface area contributed by atoms with Crippen LogP contribution in [0.25, 0.3) is 33.5 Å². The molecule has 0 aliphatic heterocycles. The molecule has 1 heterocycles. The van der Waals surface area contributed by atoms with Gasteiger partial charge in [0.05, 0.1) is 11.0 Å². The summed E-state index contributed by atoms with van der Waals surface area (Å²) in [5.41, 5.74) is 13.5. The standard InChI is InChI=1S/C25H24N3/c26-22-14-15-23-24(16-22)28-25(27-23)21-12-10-20(11-13-21)19-8-6-18(7-9-19)17-4-2-1-3-5-17/h4,6-17H,1-3,5,26H2,(H,27,28). The van der Waals surface area contributed by atoms with Gasteiger partial charge in [0.2, 0.25) is 0 Å². The van der Waals surface area contributed by atoms with Gasteiger partial charge in [-0.2, -0.15) is 0 Å². The maximum Gasteiger partial charge on any atom is 0.138 e. The van der Waals surface area contributed by atoms with Crippen LogP contribution in [0.2, 0.25) is 0 Å². The molecule has 1 unspecified atom stereocenters. The Morgan fingerprint density at radius 2 is 1.54 bits per heavy atom. The smallest absolute Gasteiger partial charge is 0.138 e. The topological polar surface area (TPSA) is 54.7 Å². The van der Waals surface area contributed by atoms with E-state index in [-0.39, 0.29) is 0 Å². The second-order valence-corrected chi connectivity index (χ2v) is 7.69. The molecule has 0 amide bonds. The Kier molecular flexibility index (Phi) is 4.36. The van der Waals surface area contributed by atoms with Crippen molar-refractivity contribution in [2.24, 2.45) is 0 Å². The second kappa shape index (κ2) is 7.16. The number of aromatic nitrogens is 2. The Hall–Kier alpha value is -3.07. The summed E-state index contributed by atoms with van der Waals surface area (Å²) in [6.45, 7) is 0. The number of hydrogen-bond acceptors (Lipinski definition) is 2. The zero-order chi connectivity index (χ0) is 18.9. The van der Waals surface area contributed by atoms with Crippen molar-refractivity contribution in [2.75, 3.05) is 5.73 Å². The number of nitrogen functional groups attached to an aromatic ring is 1. The molecule has 0 spiro atoms. The summed E-state index contributed by atoms with van der Waals surface area (Å²) in [6.07, 6.45) is 7.71. The molecular weight excluding hydrogens is 342 g/mol. The molecule has 1 fully saturated rings. The molecule has 4 aromatic rings. The van der Waals surface area contributed by atoms with Crippen molar-refractivity contribution in [3.05, 3.63) is 78.7 Å². The van der Waals surface area contributed by atoms with Crippen LogP contribution in [0.3, 0.4) is 0 Å². The van der Waals surface area contributed by atoms with E-state index in [9.17, 15) is 0 Å². The zero-order valence-corrected chi connectivity index (χ0v) is 15.9. The number of nitrogens with two attached hydrogens (primary N) is 1. The van der Waals surface area contributed by atoms with E-state index in [2.05, 4.69) is 64.9 Å². The molecule has 3 heteroatoms. The van der Waals surface area contributed by atoms with Gasteiger partial charge >= 0.3 is 0 Å². The first-order chi connectivity index (χ1) is 13.8. The van der Waals surface area contributed by atoms with Crippen molar-refractivity contribution in [3.63, 3.8) is 0 Å². The Bertz CT molecular complexity index is 1090. The van der Waals surface area contributed by atoms with Crippen LogP contribution in [-0.4, -0.2) is 9.97 Å². The lowest BCUT2D eigenvalue weighted by Crippen LogP contribution is -2.04. The first kappa shape index (κ1) is 17.1. The zero-order valence-electron chi connectivity index (χ0n) is 15.9. The van der Waals surface area contributed by atoms with Gasteiger partial charge in [0.25, 0.3) is 0 Å². The number of rotatable bonds is 3. The Morgan fingerprint density at radius 1 is 0.821 bits per heavy atom. The minimum Gasteiger partial charge on any atom is -0.399 e. The van der Waals surface area contributed by atoms with Gasteiger partial charge in [0, 0.05) is 11.3 Å². The second-order valence-electron chi connectivity index (χ2n) is 7.69. The molecular formula is C25H24N3. The maximum atomic E-state index is 5.86. The van der Waals surface area contributed by atoms with Crippen LogP contribution in [0.4, 0.5) is 5.69 Å². The summed E-state index contributed by atoms with van der Waals surface area (Å²) in [6, 6.07) is 23.4. The molecule has 28 heavy (non-hydrogen) atoms. The number of benzene rings is 3. The average molecular weight is 366 g/mol. The third-order valence-electron chi connectivity index (χ3n) is 5.76. The van der Waals surface area contributed by atoms with Crippen molar-refractivity contribution in [3.8, 4) is 22.5 Å². The summed E-state index contributed by atoms with van der Waals surface area (Å²) in [7, 11) is 0. The molecule has 3 nitrogen and oxygen atoms in total. The Balaban J connectivity index is 1.38. The van der Waals surface area contributed by atoms with Crippen LogP contribution >= 0.6 is 0 Å². The fraction of sp³-hybridized carbons (Fsp3) is 0.200. The first-order valence-corrected chi connectivity index (χ1v) is 10.1. The SMILES string of the molecule is Nc1ccc2nc(-c3ccc(-c4ccc(C5[CH]CCCC5)cc4)cc3)[nH]c2c1. The molecule has 1 radical (unpaired) electrons. The highest BCUT2D eigenvalue weighted by Crippen LogP contribution is 2.33. The van der Waals surface area contributed by atoms with Gasteiger partial charge in [0.1, 0.15) is 5.82 Å². The third kappa shape index (κ3) is 3.29. The van der Waals surface area contributed by atoms with Crippen LogP contribution < -0.4 is 5.73 Å². The minimum atomic E-state index is 0.632. The van der Waals surface area contributed by atoms with Gasteiger partial charge in [-0.15, -0.1) is 0 Å². The molecule has 1 atom stereocenters. The van der Waals surface area contributed by atoms with Crippen molar-refractivity contribution in [1.29, 1.82) is 0 Å². The number of imidazole rings is 1. The summed E-state index contributed by atoms with van der Waals surface area (Å²) >= 11 is 0. The van der Waals surface area contributed by atoms with Crippen LogP contribution in [0, 0.1) is 6.42 Å². The molecule has 3 N–H and O–H groups in total. The summed E-state index contributed by atoms with van der Waals surface area (Å²) < 4.78 is 0. The normalized spacial score (nSPS) is 15.1. The molecule has 0 saturated heterocycles. The van der Waals surface area contributed by atoms with E-state index in [1.54, 1.807) is 0 Å². The number of hydrogen-bond donors (Lipinski definition) is 2. The van der Waals surface area contributed by atoms with Crippen LogP contribution in [0.5, 0.6) is 0 Å². The van der Waals surface area contributed by atoms with Gasteiger partial charge in [-0.25, -0.2) is 4.98 Å². The van der Waals surface area contributed by atoms with Gasteiger partial charge in [0.15, 0.2) is 0 Å². The van der Waals surface area contributed by atoms with Crippen LogP contribution in [0.1, 0.15) is 37.2 Å². The molecule has 1 saturated carbocycles. The number of nitrogens with zero attached hydrogens (tertiary/aromatic N) is 1. The molecule has 139 valence electrons. The highest BCUT2D eigenvalue weighted by molar-refractivity contribution is 5.82. The van der Waals surface area contributed by atoms with Gasteiger partial charge in [-0.05, 0) is 60.1 Å². The number of nitrogens with one attached hydrogen (secondary N) is 1. The number of H-pyrrole nitrogens is 1. The van der Waals surface area contributed by atoms with Crippen LogP contribution in [-0.2, 0) is 0 Å². The highest BCUT2D eigenvalue weighted by atomic mass is 14.9. The molecule has 1 aliphatic rings. The van der Waals surface area contributed by atoms with Crippen molar-refractivity contribution in [1.82, 2.24) is 9.97 Å². The summed E-state index contributed by atoms with van der Waals surface area (Å²) in [5, 5.41) is 0. The van der Waals surface area contributed by atoms with E-state index in [0.29, 0.717) is 5.92 Å². The molecule has 1 aromatic heterocycles. The predicted molar refractivity (Wildman–Crippen MR) is 117 cm³/mol. The van der Waals surface area contributed by atoms with E-state index in [0.717, 1.165) is 28.1 Å².